The van der Waals surface area contributed by atoms with Gasteiger partial charge < -0.3 is 8.98 Å². The molecule has 158 valence electrons. The third kappa shape index (κ3) is 4.44. The minimum atomic E-state index is -0.367. The fraction of sp³-hybridized carbons (Fsp3) is 0.174. The number of thiazole rings is 1. The van der Waals surface area contributed by atoms with Crippen LogP contribution in [-0.2, 0) is 11.2 Å². The Morgan fingerprint density at radius 3 is 2.55 bits per heavy atom. The first-order chi connectivity index (χ1) is 14.9. The zero-order valence-electron chi connectivity index (χ0n) is 17.4. The maximum Gasteiger partial charge on any atom is 0.271 e. The molecule has 0 aliphatic rings. The van der Waals surface area contributed by atoms with Crippen molar-refractivity contribution in [3.05, 3.63) is 82.3 Å². The van der Waals surface area contributed by atoms with Crippen LogP contribution >= 0.6 is 11.3 Å². The number of rotatable bonds is 5. The molecule has 3 aromatic heterocycles. The molecule has 7 nitrogen and oxygen atoms in total. The van der Waals surface area contributed by atoms with E-state index in [-0.39, 0.29) is 18.2 Å². The topological polar surface area (TPSA) is 89.2 Å². The van der Waals surface area contributed by atoms with Gasteiger partial charge in [-0.15, -0.1) is 11.3 Å². The Morgan fingerprint density at radius 2 is 1.84 bits per heavy atom. The Hall–Kier alpha value is -3.65. The summed E-state index contributed by atoms with van der Waals surface area (Å²) in [5.41, 5.74) is 8.80. The smallest absolute Gasteiger partial charge is 0.271 e. The van der Waals surface area contributed by atoms with Crippen LogP contribution in [0.25, 0.3) is 16.5 Å². The molecule has 2 N–H and O–H groups in total. The Balaban J connectivity index is 1.38. The molecule has 1 aromatic carbocycles. The fourth-order valence-corrected chi connectivity index (χ4v) is 4.20. The molecule has 0 saturated carbocycles. The van der Waals surface area contributed by atoms with Crippen molar-refractivity contribution in [1.82, 2.24) is 20.4 Å². The highest BCUT2D eigenvalue weighted by molar-refractivity contribution is 7.13. The minimum Gasteiger partial charge on any atom is -0.459 e. The Morgan fingerprint density at radius 1 is 1.06 bits per heavy atom. The zero-order valence-corrected chi connectivity index (χ0v) is 18.2. The highest BCUT2D eigenvalue weighted by Gasteiger charge is 2.18. The molecule has 0 aliphatic carbocycles. The van der Waals surface area contributed by atoms with Gasteiger partial charge in [-0.2, -0.15) is 0 Å². The molecular formula is C23H22N4O3S. The Labute approximate surface area is 183 Å². The molecule has 2 amide bonds. The second kappa shape index (κ2) is 8.61. The number of carbonyl (C=O) groups excluding carboxylic acids is 2. The van der Waals surface area contributed by atoms with Gasteiger partial charge in [0.15, 0.2) is 10.8 Å². The summed E-state index contributed by atoms with van der Waals surface area (Å²) in [6.07, 6.45) is 0.0551. The summed E-state index contributed by atoms with van der Waals surface area (Å²) in [7, 11) is 0. The lowest BCUT2D eigenvalue weighted by atomic mass is 10.2. The second-order valence-electron chi connectivity index (χ2n) is 7.19. The number of nitrogens with one attached hydrogen (secondary N) is 2. The predicted molar refractivity (Wildman–Crippen MR) is 119 cm³/mol. The summed E-state index contributed by atoms with van der Waals surface area (Å²) >= 11 is 1.41. The normalized spacial score (nSPS) is 10.8. The number of carbonyl (C=O) groups is 2. The number of aryl methyl sites for hydroxylation is 2. The van der Waals surface area contributed by atoms with E-state index in [9.17, 15) is 9.59 Å². The van der Waals surface area contributed by atoms with Crippen LogP contribution in [0.3, 0.4) is 0 Å². The summed E-state index contributed by atoms with van der Waals surface area (Å²) in [5.74, 6) is 0.765. The molecule has 0 aliphatic heterocycles. The molecule has 3 heterocycles. The largest absolute Gasteiger partial charge is 0.459 e. The zero-order chi connectivity index (χ0) is 22.0. The number of hydrazine groups is 1. The van der Waals surface area contributed by atoms with Crippen LogP contribution in [-0.4, -0.2) is 21.4 Å². The molecule has 31 heavy (non-hydrogen) atoms. The Bertz CT molecular complexity index is 1240. The van der Waals surface area contributed by atoms with Crippen molar-refractivity contribution in [1.29, 1.82) is 0 Å². The number of benzene rings is 1. The average Bonchev–Trinajstić information content (AvgIpc) is 3.46. The molecule has 0 fully saturated rings. The van der Waals surface area contributed by atoms with Gasteiger partial charge in [-0.3, -0.25) is 20.4 Å². The first kappa shape index (κ1) is 20.6. The number of nitrogens with zero attached hydrogens (tertiary/aromatic N) is 2. The van der Waals surface area contributed by atoms with Crippen molar-refractivity contribution >= 4 is 23.2 Å². The number of hydrogen-bond donors (Lipinski definition) is 2. The molecule has 4 aromatic rings. The van der Waals surface area contributed by atoms with E-state index in [1.54, 1.807) is 0 Å². The van der Waals surface area contributed by atoms with Gasteiger partial charge in [-0.1, -0.05) is 18.2 Å². The summed E-state index contributed by atoms with van der Waals surface area (Å²) in [6, 6.07) is 15.3. The van der Waals surface area contributed by atoms with Crippen LogP contribution < -0.4 is 10.9 Å². The first-order valence-corrected chi connectivity index (χ1v) is 10.6. The predicted octanol–water partition coefficient (Wildman–Crippen LogP) is 4.12. The van der Waals surface area contributed by atoms with E-state index >= 15 is 0 Å². The van der Waals surface area contributed by atoms with Crippen molar-refractivity contribution in [3.8, 4) is 16.5 Å². The van der Waals surface area contributed by atoms with Crippen LogP contribution in [0.4, 0.5) is 0 Å². The molecule has 0 bridgehead atoms. The molecule has 0 saturated heterocycles. The van der Waals surface area contributed by atoms with Gasteiger partial charge in [0.1, 0.15) is 5.76 Å². The summed E-state index contributed by atoms with van der Waals surface area (Å²) in [4.78, 5) is 29.4. The van der Waals surface area contributed by atoms with Crippen LogP contribution in [0.5, 0.6) is 0 Å². The van der Waals surface area contributed by atoms with Gasteiger partial charge in [0, 0.05) is 22.5 Å². The van der Waals surface area contributed by atoms with Gasteiger partial charge in [0.05, 0.1) is 17.7 Å². The monoisotopic (exact) mass is 434 g/mol. The summed E-state index contributed by atoms with van der Waals surface area (Å²) in [6.45, 7) is 5.69. The van der Waals surface area contributed by atoms with E-state index in [4.69, 9.17) is 4.42 Å². The molecular weight excluding hydrogens is 412 g/mol. The van der Waals surface area contributed by atoms with E-state index in [2.05, 4.69) is 15.8 Å². The molecule has 0 unspecified atom stereocenters. The van der Waals surface area contributed by atoms with Gasteiger partial charge in [0.2, 0.25) is 5.91 Å². The number of hydrogen-bond acceptors (Lipinski definition) is 5. The third-order valence-corrected chi connectivity index (χ3v) is 5.76. The van der Waals surface area contributed by atoms with E-state index in [1.165, 1.54) is 11.3 Å². The molecule has 4 rings (SSSR count). The quantitative estimate of drug-likeness (QED) is 0.463. The summed E-state index contributed by atoms with van der Waals surface area (Å²) < 4.78 is 7.56. The number of aromatic nitrogens is 2. The fourth-order valence-electron chi connectivity index (χ4n) is 3.42. The number of amides is 2. The number of para-hydroxylation sites is 1. The van der Waals surface area contributed by atoms with Crippen molar-refractivity contribution in [2.45, 2.75) is 27.2 Å². The van der Waals surface area contributed by atoms with E-state index in [1.807, 2.05) is 79.2 Å². The lowest BCUT2D eigenvalue weighted by Gasteiger charge is -2.10. The highest BCUT2D eigenvalue weighted by Crippen LogP contribution is 2.25. The molecule has 0 spiro atoms. The second-order valence-corrected chi connectivity index (χ2v) is 8.05. The van der Waals surface area contributed by atoms with Crippen molar-refractivity contribution in [3.63, 3.8) is 0 Å². The van der Waals surface area contributed by atoms with Gasteiger partial charge in [-0.05, 0) is 51.1 Å². The van der Waals surface area contributed by atoms with Crippen LogP contribution in [0.1, 0.15) is 33.2 Å². The standard InChI is InChI=1S/C23H22N4O3S/c1-14-11-19(16(3)27(14)18-7-5-4-6-8-18)22(29)26-25-21(28)12-17-13-31-23(24-17)20-10-9-15(2)30-20/h4-11,13H,12H2,1-3H3,(H,25,28)(H,26,29). The lowest BCUT2D eigenvalue weighted by molar-refractivity contribution is -0.121. The van der Waals surface area contributed by atoms with Crippen molar-refractivity contribution in [2.75, 3.05) is 0 Å². The van der Waals surface area contributed by atoms with E-state index in [0.717, 1.165) is 22.8 Å². The third-order valence-electron chi connectivity index (χ3n) is 4.85. The van der Waals surface area contributed by atoms with E-state index < -0.39 is 0 Å². The van der Waals surface area contributed by atoms with Gasteiger partial charge >= 0.3 is 0 Å². The van der Waals surface area contributed by atoms with Crippen molar-refractivity contribution in [2.24, 2.45) is 0 Å². The average molecular weight is 435 g/mol. The minimum absolute atomic E-state index is 0.0551. The number of furan rings is 1. The van der Waals surface area contributed by atoms with Gasteiger partial charge in [-0.25, -0.2) is 4.98 Å². The first-order valence-electron chi connectivity index (χ1n) is 9.77. The molecule has 0 atom stereocenters. The highest BCUT2D eigenvalue weighted by atomic mass is 32.1. The summed E-state index contributed by atoms with van der Waals surface area (Å²) in [5, 5.41) is 2.52. The SMILES string of the molecule is Cc1ccc(-c2nc(CC(=O)NNC(=O)c3cc(C)n(-c4ccccc4)c3C)cs2)o1. The Kier molecular flexibility index (Phi) is 5.73. The molecule has 8 heteroatoms. The maximum atomic E-state index is 12.6. The maximum absolute atomic E-state index is 12.6. The van der Waals surface area contributed by atoms with Crippen LogP contribution in [0.15, 0.2) is 58.3 Å². The van der Waals surface area contributed by atoms with Gasteiger partial charge in [0.25, 0.3) is 5.91 Å². The lowest BCUT2D eigenvalue weighted by Crippen LogP contribution is -2.42. The van der Waals surface area contributed by atoms with Crippen LogP contribution in [0.2, 0.25) is 0 Å². The molecule has 0 radical (unpaired) electrons. The van der Waals surface area contributed by atoms with Crippen molar-refractivity contribution < 1.29 is 14.0 Å². The van der Waals surface area contributed by atoms with Crippen LogP contribution in [0, 0.1) is 20.8 Å². The van der Waals surface area contributed by atoms with E-state index in [0.29, 0.717) is 22.0 Å².